The quantitative estimate of drug-likeness (QED) is 0.0430. The van der Waals surface area contributed by atoms with Gasteiger partial charge in [-0.2, -0.15) is 4.98 Å². The number of primary amides is 1. The van der Waals surface area contributed by atoms with Crippen molar-refractivity contribution in [3.63, 3.8) is 0 Å². The van der Waals surface area contributed by atoms with E-state index in [9.17, 15) is 34.5 Å². The molecular weight excluding hydrogens is 681 g/mol. The average molecular weight is 710 g/mol. The van der Waals surface area contributed by atoms with Gasteiger partial charge in [0.2, 0.25) is 23.6 Å². The van der Waals surface area contributed by atoms with Gasteiger partial charge in [0.1, 0.15) is 28.9 Å². The fraction of sp³-hybridized carbons (Fsp3) is 0.333. The Labute approximate surface area is 302 Å². The number of anilines is 2. The largest absolute Gasteiger partial charge is 1.00 e. The van der Waals surface area contributed by atoms with Crippen molar-refractivity contribution in [3.8, 4) is 11.6 Å². The number of aromatic hydroxyl groups is 2. The van der Waals surface area contributed by atoms with Crippen molar-refractivity contribution in [2.24, 2.45) is 5.73 Å². The van der Waals surface area contributed by atoms with Gasteiger partial charge in [-0.3, -0.25) is 19.4 Å². The standard InChI is InChI=1S/C27H29N9O9S2.Na/c1-12-33-34-27(45-12)47-11-14-10-46-23-17(22(41)36(23)19(14)24(42)43)31-21(40)18(13-3-5-15(38)6-4-13)35(25(28)44)16-9-30-26(32-20(16)39)29-7-2-8-37;/h3-6,9,17-18,23,37-38H,2,7-8,10-11H2,1H3,(H2,28,44)(H,31,40)(H,42,43)(H2,29,30,32,39);/q;+1/p-1/t17?,18?,23-;/m0./s1. The Hall–Kier alpha value is -4.08. The number of aliphatic hydroxyl groups excluding tert-OH is 1. The van der Waals surface area contributed by atoms with Crippen LogP contribution >= 0.6 is 23.5 Å². The number of phenolic OH excluding ortho intramolecular Hbond substituents is 1. The summed E-state index contributed by atoms with van der Waals surface area (Å²) in [6.07, 6.45) is 1.44. The molecule has 4 amide bonds. The van der Waals surface area contributed by atoms with E-state index in [0.29, 0.717) is 17.9 Å². The third-order valence-corrected chi connectivity index (χ3v) is 9.24. The Balaban J connectivity index is 0.00000520. The van der Waals surface area contributed by atoms with Gasteiger partial charge in [-0.25, -0.2) is 9.78 Å². The van der Waals surface area contributed by atoms with E-state index >= 15 is 0 Å². The molecule has 0 radical (unpaired) electrons. The Kier molecular flexibility index (Phi) is 12.2. The number of carboxylic acid groups (broad SMARTS) is 1. The number of nitrogens with two attached hydrogens (primary N) is 1. The Morgan fingerprint density at radius 3 is 2.58 bits per heavy atom. The molecule has 1 aromatic carbocycles. The van der Waals surface area contributed by atoms with Gasteiger partial charge >= 0.3 is 35.6 Å². The third kappa shape index (κ3) is 7.79. The Bertz CT molecular complexity index is 1730. The van der Waals surface area contributed by atoms with Gasteiger partial charge in [-0.15, -0.1) is 22.0 Å². The van der Waals surface area contributed by atoms with E-state index < -0.39 is 47.2 Å². The summed E-state index contributed by atoms with van der Waals surface area (Å²) in [6.45, 7) is 1.80. The van der Waals surface area contributed by atoms with Crippen LogP contribution in [0, 0.1) is 6.92 Å². The van der Waals surface area contributed by atoms with Crippen LogP contribution in [0.3, 0.4) is 0 Å². The van der Waals surface area contributed by atoms with Crippen LogP contribution in [-0.4, -0.2) is 100 Å². The summed E-state index contributed by atoms with van der Waals surface area (Å²) in [5.41, 5.74) is 5.56. The SMILES string of the molecule is Cc1nnc(SCC2=C(C(=O)[O-])N3C(=O)C(NC(=O)C(c4ccc(O)cc4)N(C(N)=O)c4cnc(NCCCO)nc4O)[C@@H]3SC2)o1.[Na+]. The maximum Gasteiger partial charge on any atom is 1.00 e. The van der Waals surface area contributed by atoms with Crippen molar-refractivity contribution in [2.75, 3.05) is 34.9 Å². The molecule has 0 saturated carbocycles. The minimum absolute atomic E-state index is 0. The summed E-state index contributed by atoms with van der Waals surface area (Å²) >= 11 is 2.31. The molecule has 21 heteroatoms. The molecule has 3 aromatic rings. The molecule has 5 rings (SSSR count). The van der Waals surface area contributed by atoms with Gasteiger partial charge in [-0.05, 0) is 29.7 Å². The number of hydrogen-bond acceptors (Lipinski definition) is 16. The summed E-state index contributed by atoms with van der Waals surface area (Å²) in [5.74, 6) is -3.44. The van der Waals surface area contributed by atoms with Gasteiger partial charge in [0.25, 0.3) is 11.1 Å². The summed E-state index contributed by atoms with van der Waals surface area (Å²) in [5, 5.41) is 54.1. The monoisotopic (exact) mass is 709 g/mol. The van der Waals surface area contributed by atoms with Gasteiger partial charge < -0.3 is 46.0 Å². The number of urea groups is 1. The van der Waals surface area contributed by atoms with Crippen LogP contribution in [0.1, 0.15) is 23.9 Å². The maximum atomic E-state index is 13.9. The number of rotatable bonds is 13. The maximum absolute atomic E-state index is 13.9. The van der Waals surface area contributed by atoms with Crippen molar-refractivity contribution in [1.82, 2.24) is 30.4 Å². The Morgan fingerprint density at radius 1 is 1.25 bits per heavy atom. The van der Waals surface area contributed by atoms with E-state index in [2.05, 4.69) is 30.8 Å². The number of aliphatic hydroxyl groups is 1. The number of hydrogen-bond donors (Lipinski definition) is 6. The molecule has 248 valence electrons. The van der Waals surface area contributed by atoms with Crippen LogP contribution in [0.5, 0.6) is 11.6 Å². The fourth-order valence-corrected chi connectivity index (χ4v) is 7.15. The summed E-state index contributed by atoms with van der Waals surface area (Å²) in [7, 11) is 0. The summed E-state index contributed by atoms with van der Waals surface area (Å²) in [6, 6.07) is 1.21. The molecule has 3 atom stereocenters. The molecule has 48 heavy (non-hydrogen) atoms. The van der Waals surface area contributed by atoms with Crippen LogP contribution in [0.15, 0.2) is 51.4 Å². The number of amides is 4. The number of nitrogens with zero attached hydrogens (tertiary/aromatic N) is 6. The van der Waals surface area contributed by atoms with E-state index in [4.69, 9.17) is 15.3 Å². The Morgan fingerprint density at radius 2 is 1.98 bits per heavy atom. The van der Waals surface area contributed by atoms with Crippen LogP contribution in [-0.2, 0) is 14.4 Å². The van der Waals surface area contributed by atoms with E-state index in [1.54, 1.807) is 6.92 Å². The molecule has 18 nitrogen and oxygen atoms in total. The molecule has 0 bridgehead atoms. The predicted octanol–water partition coefficient (Wildman–Crippen LogP) is -3.80. The minimum atomic E-state index is -1.60. The number of phenols is 1. The number of β-lactam (4-membered cyclic amide) rings is 1. The molecule has 7 N–H and O–H groups in total. The summed E-state index contributed by atoms with van der Waals surface area (Å²) < 4.78 is 5.32. The number of nitrogens with one attached hydrogen (secondary N) is 2. The van der Waals surface area contributed by atoms with Crippen LogP contribution in [0.4, 0.5) is 16.4 Å². The van der Waals surface area contributed by atoms with Crippen molar-refractivity contribution in [1.29, 1.82) is 0 Å². The second-order valence-corrected chi connectivity index (χ2v) is 12.2. The first-order chi connectivity index (χ1) is 22.5. The first-order valence-corrected chi connectivity index (χ1v) is 15.9. The van der Waals surface area contributed by atoms with E-state index in [-0.39, 0.29) is 88.1 Å². The number of aliphatic carboxylic acids is 1. The molecule has 1 saturated heterocycles. The van der Waals surface area contributed by atoms with Gasteiger partial charge in [-0.1, -0.05) is 23.9 Å². The first-order valence-electron chi connectivity index (χ1n) is 13.9. The molecule has 2 aliphatic heterocycles. The number of benzene rings is 1. The number of carboxylic acids is 1. The van der Waals surface area contributed by atoms with E-state index in [1.807, 2.05) is 0 Å². The zero-order valence-electron chi connectivity index (χ0n) is 25.5. The zero-order chi connectivity index (χ0) is 33.8. The van der Waals surface area contributed by atoms with Crippen molar-refractivity contribution in [3.05, 3.63) is 53.2 Å². The second kappa shape index (κ2) is 15.9. The number of carbonyl (C=O) groups excluding carboxylic acids is 4. The van der Waals surface area contributed by atoms with Crippen LogP contribution < -0.4 is 55.9 Å². The molecule has 4 heterocycles. The van der Waals surface area contributed by atoms with Gasteiger partial charge in [0.15, 0.2) is 0 Å². The molecule has 0 aliphatic carbocycles. The molecular formula is C27H28N9NaO9S2. The number of aromatic nitrogens is 4. The molecule has 2 aromatic heterocycles. The normalized spacial score (nSPS) is 17.5. The topological polar surface area (TPSA) is 273 Å². The van der Waals surface area contributed by atoms with E-state index in [0.717, 1.165) is 27.8 Å². The number of thioether (sulfide) groups is 2. The average Bonchev–Trinajstić information content (AvgIpc) is 3.46. The van der Waals surface area contributed by atoms with Gasteiger partial charge in [0.05, 0.1) is 17.9 Å². The molecule has 1 fully saturated rings. The number of carbonyl (C=O) groups is 4. The molecule has 2 aliphatic rings. The van der Waals surface area contributed by atoms with Crippen molar-refractivity contribution in [2.45, 2.75) is 36.0 Å². The third-order valence-electron chi connectivity index (χ3n) is 7.00. The summed E-state index contributed by atoms with van der Waals surface area (Å²) in [4.78, 5) is 62.0. The number of aryl methyl sites for hydroxylation is 1. The van der Waals surface area contributed by atoms with Crippen molar-refractivity contribution >= 4 is 59.0 Å². The van der Waals surface area contributed by atoms with Crippen LogP contribution in [0.25, 0.3) is 0 Å². The first kappa shape index (κ1) is 36.8. The zero-order valence-corrected chi connectivity index (χ0v) is 29.2. The second-order valence-electron chi connectivity index (χ2n) is 10.1. The molecule has 2 unspecified atom stereocenters. The minimum Gasteiger partial charge on any atom is -0.543 e. The smallest absolute Gasteiger partial charge is 0.543 e. The fourth-order valence-electron chi connectivity index (χ4n) is 4.86. The predicted molar refractivity (Wildman–Crippen MR) is 164 cm³/mol. The van der Waals surface area contributed by atoms with Crippen molar-refractivity contribution < 1.29 is 73.6 Å². The number of fused-ring (bicyclic) bond motifs is 1. The van der Waals surface area contributed by atoms with Crippen LogP contribution in [0.2, 0.25) is 0 Å². The van der Waals surface area contributed by atoms with Gasteiger partial charge in [0, 0.05) is 31.6 Å². The van der Waals surface area contributed by atoms with E-state index in [1.165, 1.54) is 36.0 Å². The molecule has 0 spiro atoms.